The number of hydrogen-bond acceptors (Lipinski definition) is 3. The number of benzene rings is 2. The number of methoxy groups -OCH3 is 2. The topological polar surface area (TPSA) is 38.7 Å². The summed E-state index contributed by atoms with van der Waals surface area (Å²) in [5.74, 6) is 1.66. The van der Waals surface area contributed by atoms with Crippen molar-refractivity contribution in [2.24, 2.45) is 0 Å². The smallest absolute Gasteiger partial charge is 0.161 e. The third-order valence-corrected chi connectivity index (χ3v) is 2.75. The number of aromatic hydroxyl groups is 1. The van der Waals surface area contributed by atoms with Crippen LogP contribution < -0.4 is 9.47 Å². The minimum absolute atomic E-state index is 0.259. The molecule has 0 fully saturated rings. The van der Waals surface area contributed by atoms with Crippen molar-refractivity contribution in [3.63, 3.8) is 0 Å². The maximum Gasteiger partial charge on any atom is 0.161 e. The highest BCUT2D eigenvalue weighted by Crippen LogP contribution is 2.28. The van der Waals surface area contributed by atoms with Crippen molar-refractivity contribution < 1.29 is 14.6 Å². The molecule has 0 heterocycles. The molecule has 0 spiro atoms. The van der Waals surface area contributed by atoms with Crippen LogP contribution >= 0.6 is 0 Å². The van der Waals surface area contributed by atoms with Crippen LogP contribution in [-0.4, -0.2) is 19.3 Å². The molecule has 0 unspecified atom stereocenters. The SMILES string of the molecule is COc1ccc(/C=C\c2cccc(O)c2)cc1OC. The molecule has 0 saturated heterocycles. The first-order chi connectivity index (χ1) is 9.22. The minimum atomic E-state index is 0.259. The van der Waals surface area contributed by atoms with Crippen LogP contribution in [0.4, 0.5) is 0 Å². The van der Waals surface area contributed by atoms with E-state index in [0.717, 1.165) is 11.1 Å². The average molecular weight is 256 g/mol. The standard InChI is InChI=1S/C16H16O3/c1-18-15-9-8-13(11-16(15)19-2)7-6-12-4-3-5-14(17)10-12/h3-11,17H,1-2H3/b7-6-. The predicted octanol–water partition coefficient (Wildman–Crippen LogP) is 3.58. The van der Waals surface area contributed by atoms with Gasteiger partial charge in [-0.3, -0.25) is 0 Å². The van der Waals surface area contributed by atoms with Gasteiger partial charge in [-0.2, -0.15) is 0 Å². The van der Waals surface area contributed by atoms with Gasteiger partial charge in [0.25, 0.3) is 0 Å². The van der Waals surface area contributed by atoms with Crippen LogP contribution in [0.1, 0.15) is 11.1 Å². The van der Waals surface area contributed by atoms with Gasteiger partial charge in [0.05, 0.1) is 14.2 Å². The van der Waals surface area contributed by atoms with Crippen LogP contribution in [0.25, 0.3) is 12.2 Å². The van der Waals surface area contributed by atoms with Crippen molar-refractivity contribution in [3.8, 4) is 17.2 Å². The fourth-order valence-electron chi connectivity index (χ4n) is 1.78. The molecule has 0 aromatic heterocycles. The molecule has 0 bridgehead atoms. The summed E-state index contributed by atoms with van der Waals surface area (Å²) >= 11 is 0. The Morgan fingerprint density at radius 3 is 2.16 bits per heavy atom. The summed E-state index contributed by atoms with van der Waals surface area (Å²) in [5.41, 5.74) is 1.94. The van der Waals surface area contributed by atoms with E-state index in [1.807, 2.05) is 42.5 Å². The van der Waals surface area contributed by atoms with Gasteiger partial charge in [-0.25, -0.2) is 0 Å². The number of phenolic OH excluding ortho intramolecular Hbond substituents is 1. The summed E-state index contributed by atoms with van der Waals surface area (Å²) in [4.78, 5) is 0. The van der Waals surface area contributed by atoms with E-state index < -0.39 is 0 Å². The Kier molecular flexibility index (Phi) is 4.08. The van der Waals surface area contributed by atoms with Crippen molar-refractivity contribution in [1.29, 1.82) is 0 Å². The summed E-state index contributed by atoms with van der Waals surface area (Å²) in [6, 6.07) is 12.8. The number of ether oxygens (including phenoxy) is 2. The van der Waals surface area contributed by atoms with Crippen LogP contribution in [0, 0.1) is 0 Å². The fraction of sp³-hybridized carbons (Fsp3) is 0.125. The molecule has 1 N–H and O–H groups in total. The Balaban J connectivity index is 2.23. The van der Waals surface area contributed by atoms with Crippen LogP contribution in [0.3, 0.4) is 0 Å². The molecule has 0 aliphatic carbocycles. The van der Waals surface area contributed by atoms with E-state index in [0.29, 0.717) is 11.5 Å². The van der Waals surface area contributed by atoms with E-state index in [1.54, 1.807) is 26.4 Å². The van der Waals surface area contributed by atoms with Crippen molar-refractivity contribution in [3.05, 3.63) is 53.6 Å². The van der Waals surface area contributed by atoms with Gasteiger partial charge in [-0.15, -0.1) is 0 Å². The molecule has 2 rings (SSSR count). The first-order valence-electron chi connectivity index (χ1n) is 5.92. The van der Waals surface area contributed by atoms with Crippen LogP contribution in [0.5, 0.6) is 17.2 Å². The van der Waals surface area contributed by atoms with E-state index >= 15 is 0 Å². The lowest BCUT2D eigenvalue weighted by atomic mass is 10.1. The Morgan fingerprint density at radius 1 is 0.842 bits per heavy atom. The molecule has 0 atom stereocenters. The van der Waals surface area contributed by atoms with Gasteiger partial charge in [0.2, 0.25) is 0 Å². The molecule has 98 valence electrons. The van der Waals surface area contributed by atoms with E-state index in [1.165, 1.54) is 0 Å². The van der Waals surface area contributed by atoms with Crippen LogP contribution in [0.15, 0.2) is 42.5 Å². The first-order valence-corrected chi connectivity index (χ1v) is 5.92. The molecule has 0 aliphatic heterocycles. The maximum absolute atomic E-state index is 9.39. The Morgan fingerprint density at radius 2 is 1.53 bits per heavy atom. The summed E-state index contributed by atoms with van der Waals surface area (Å²) < 4.78 is 10.4. The van der Waals surface area contributed by atoms with E-state index in [-0.39, 0.29) is 5.75 Å². The van der Waals surface area contributed by atoms with Crippen molar-refractivity contribution in [2.45, 2.75) is 0 Å². The van der Waals surface area contributed by atoms with E-state index in [4.69, 9.17) is 9.47 Å². The average Bonchev–Trinajstić information content (AvgIpc) is 2.45. The highest BCUT2D eigenvalue weighted by Gasteiger charge is 2.02. The van der Waals surface area contributed by atoms with E-state index in [9.17, 15) is 5.11 Å². The normalized spacial score (nSPS) is 10.6. The molecule has 0 aliphatic rings. The van der Waals surface area contributed by atoms with E-state index in [2.05, 4.69) is 0 Å². The lowest BCUT2D eigenvalue weighted by molar-refractivity contribution is 0.355. The Bertz CT molecular complexity index is 588. The second kappa shape index (κ2) is 5.96. The lowest BCUT2D eigenvalue weighted by Gasteiger charge is -2.07. The molecule has 2 aromatic rings. The largest absolute Gasteiger partial charge is 0.508 e. The van der Waals surface area contributed by atoms with Gasteiger partial charge in [-0.05, 0) is 35.4 Å². The van der Waals surface area contributed by atoms with Crippen LogP contribution in [0.2, 0.25) is 0 Å². The highest BCUT2D eigenvalue weighted by molar-refractivity contribution is 5.71. The third-order valence-electron chi connectivity index (χ3n) is 2.75. The minimum Gasteiger partial charge on any atom is -0.508 e. The maximum atomic E-state index is 9.39. The zero-order valence-electron chi connectivity index (χ0n) is 11.0. The summed E-state index contributed by atoms with van der Waals surface area (Å²) in [7, 11) is 3.22. The van der Waals surface area contributed by atoms with Crippen molar-refractivity contribution in [1.82, 2.24) is 0 Å². The molecule has 2 aromatic carbocycles. The summed E-state index contributed by atoms with van der Waals surface area (Å²) in [6.45, 7) is 0. The molecular formula is C16H16O3. The Labute approximate surface area is 112 Å². The molecule has 0 saturated carbocycles. The van der Waals surface area contributed by atoms with Crippen LogP contribution in [-0.2, 0) is 0 Å². The Hall–Kier alpha value is -2.42. The zero-order chi connectivity index (χ0) is 13.7. The third kappa shape index (κ3) is 3.28. The predicted molar refractivity (Wildman–Crippen MR) is 76.6 cm³/mol. The molecule has 19 heavy (non-hydrogen) atoms. The monoisotopic (exact) mass is 256 g/mol. The number of hydrogen-bond donors (Lipinski definition) is 1. The fourth-order valence-corrected chi connectivity index (χ4v) is 1.78. The van der Waals surface area contributed by atoms with Gasteiger partial charge in [0.15, 0.2) is 11.5 Å². The molecule has 3 heteroatoms. The molecular weight excluding hydrogens is 240 g/mol. The van der Waals surface area contributed by atoms with Gasteiger partial charge in [-0.1, -0.05) is 30.4 Å². The molecule has 0 radical (unpaired) electrons. The van der Waals surface area contributed by atoms with Crippen molar-refractivity contribution >= 4 is 12.2 Å². The molecule has 3 nitrogen and oxygen atoms in total. The van der Waals surface area contributed by atoms with Gasteiger partial charge >= 0.3 is 0 Å². The summed E-state index contributed by atoms with van der Waals surface area (Å²) in [6.07, 6.45) is 3.89. The van der Waals surface area contributed by atoms with Crippen molar-refractivity contribution in [2.75, 3.05) is 14.2 Å². The lowest BCUT2D eigenvalue weighted by Crippen LogP contribution is -1.90. The highest BCUT2D eigenvalue weighted by atomic mass is 16.5. The van der Waals surface area contributed by atoms with Gasteiger partial charge in [0.1, 0.15) is 5.75 Å². The zero-order valence-corrected chi connectivity index (χ0v) is 11.0. The first kappa shape index (κ1) is 13.0. The van der Waals surface area contributed by atoms with Gasteiger partial charge in [0, 0.05) is 0 Å². The second-order valence-electron chi connectivity index (χ2n) is 4.04. The quantitative estimate of drug-likeness (QED) is 0.850. The van der Waals surface area contributed by atoms with Gasteiger partial charge < -0.3 is 14.6 Å². The molecule has 0 amide bonds. The summed E-state index contributed by atoms with van der Waals surface area (Å²) in [5, 5.41) is 9.39. The number of rotatable bonds is 4. The number of phenols is 1. The second-order valence-corrected chi connectivity index (χ2v) is 4.04.